The molecule has 51 heavy (non-hydrogen) atoms. The summed E-state index contributed by atoms with van der Waals surface area (Å²) in [5, 5.41) is 26.9. The van der Waals surface area contributed by atoms with Crippen LogP contribution in [0.3, 0.4) is 0 Å². The SMILES string of the molecule is CCCCC(Oc1ccc(C)cc1C)C(=O)NC1=CC(=O)C(NC(=O)Nc2ccc(C#N)c(Cl)c2)=CC1=Nc1ccc(N(CC)CCO)cc1C. The number of amides is 3. The lowest BCUT2D eigenvalue weighted by Gasteiger charge is -2.23. The van der Waals surface area contributed by atoms with Gasteiger partial charge in [-0.05, 0) is 100 Å². The summed E-state index contributed by atoms with van der Waals surface area (Å²) in [5.41, 5.74) is 5.16. The largest absolute Gasteiger partial charge is 0.480 e. The summed E-state index contributed by atoms with van der Waals surface area (Å²) in [5.74, 6) is -0.407. The summed E-state index contributed by atoms with van der Waals surface area (Å²) in [6.45, 7) is 11.0. The van der Waals surface area contributed by atoms with Crippen LogP contribution in [0.4, 0.5) is 21.9 Å². The predicted molar refractivity (Wildman–Crippen MR) is 201 cm³/mol. The highest BCUT2D eigenvalue weighted by Gasteiger charge is 2.27. The molecule has 3 aromatic rings. The molecule has 0 radical (unpaired) electrons. The number of aryl methyl sites for hydroxylation is 3. The number of anilines is 2. The van der Waals surface area contributed by atoms with E-state index in [9.17, 15) is 19.5 Å². The first-order valence-corrected chi connectivity index (χ1v) is 17.2. The quantitative estimate of drug-likeness (QED) is 0.132. The fourth-order valence-corrected chi connectivity index (χ4v) is 5.66. The molecular formula is C39H43ClN6O5. The van der Waals surface area contributed by atoms with Gasteiger partial charge < -0.3 is 30.7 Å². The van der Waals surface area contributed by atoms with Crippen molar-refractivity contribution in [2.75, 3.05) is 29.9 Å². The molecular weight excluding hydrogens is 668 g/mol. The van der Waals surface area contributed by atoms with Gasteiger partial charge in [0, 0.05) is 30.5 Å². The normalized spacial score (nSPS) is 13.8. The van der Waals surface area contributed by atoms with Gasteiger partial charge in [-0.3, -0.25) is 9.59 Å². The topological polar surface area (TPSA) is 156 Å². The van der Waals surface area contributed by atoms with E-state index in [2.05, 4.69) is 16.0 Å². The van der Waals surface area contributed by atoms with Crippen molar-refractivity contribution in [3.05, 3.63) is 105 Å². The Bertz CT molecular complexity index is 1930. The van der Waals surface area contributed by atoms with E-state index in [0.29, 0.717) is 36.6 Å². The second-order valence-electron chi connectivity index (χ2n) is 12.1. The van der Waals surface area contributed by atoms with Crippen LogP contribution < -0.4 is 25.6 Å². The van der Waals surface area contributed by atoms with Crippen LogP contribution in [0.1, 0.15) is 55.4 Å². The number of halogens is 1. The summed E-state index contributed by atoms with van der Waals surface area (Å²) in [4.78, 5) is 47.1. The number of aliphatic imine (C=N–C) groups is 1. The van der Waals surface area contributed by atoms with Gasteiger partial charge >= 0.3 is 6.03 Å². The molecule has 0 saturated carbocycles. The number of ether oxygens (including phenoxy) is 1. The van der Waals surface area contributed by atoms with Gasteiger partial charge in [-0.1, -0.05) is 42.6 Å². The van der Waals surface area contributed by atoms with Crippen molar-refractivity contribution in [2.24, 2.45) is 4.99 Å². The van der Waals surface area contributed by atoms with Gasteiger partial charge in [-0.15, -0.1) is 0 Å². The fourth-order valence-electron chi connectivity index (χ4n) is 5.44. The zero-order chi connectivity index (χ0) is 37.1. The number of nitriles is 1. The van der Waals surface area contributed by atoms with Crippen molar-refractivity contribution in [2.45, 2.75) is 60.0 Å². The molecule has 3 amide bonds. The number of allylic oxidation sites excluding steroid dienone is 2. The van der Waals surface area contributed by atoms with Gasteiger partial charge in [-0.25, -0.2) is 9.79 Å². The number of aliphatic hydroxyl groups is 1. The lowest BCUT2D eigenvalue weighted by atomic mass is 10.0. The minimum atomic E-state index is -0.843. The molecule has 0 aliphatic heterocycles. The highest BCUT2D eigenvalue weighted by Crippen LogP contribution is 2.27. The zero-order valence-corrected chi connectivity index (χ0v) is 30.2. The van der Waals surface area contributed by atoms with Crippen molar-refractivity contribution in [3.8, 4) is 11.8 Å². The van der Waals surface area contributed by atoms with Crippen molar-refractivity contribution in [1.82, 2.24) is 10.6 Å². The van der Waals surface area contributed by atoms with Crippen LogP contribution in [0, 0.1) is 32.1 Å². The third kappa shape index (κ3) is 10.3. The summed E-state index contributed by atoms with van der Waals surface area (Å²) in [6.07, 6.45) is 3.84. The smallest absolute Gasteiger partial charge is 0.323 e. The number of aliphatic hydroxyl groups excluding tert-OH is 1. The summed E-state index contributed by atoms with van der Waals surface area (Å²) < 4.78 is 6.23. The first kappa shape index (κ1) is 38.4. The molecule has 266 valence electrons. The first-order chi connectivity index (χ1) is 24.5. The molecule has 0 spiro atoms. The Kier molecular flexibility index (Phi) is 13.5. The third-order valence-electron chi connectivity index (χ3n) is 8.20. The van der Waals surface area contributed by atoms with Crippen LogP contribution in [0.5, 0.6) is 5.75 Å². The molecule has 11 nitrogen and oxygen atoms in total. The van der Waals surface area contributed by atoms with Crippen molar-refractivity contribution in [1.29, 1.82) is 5.26 Å². The molecule has 0 aromatic heterocycles. The molecule has 1 unspecified atom stereocenters. The van der Waals surface area contributed by atoms with E-state index in [0.717, 1.165) is 35.2 Å². The Balaban J connectivity index is 1.66. The van der Waals surface area contributed by atoms with Crippen molar-refractivity contribution < 1.29 is 24.2 Å². The summed E-state index contributed by atoms with van der Waals surface area (Å²) in [6, 6.07) is 17.1. The average Bonchev–Trinajstić information content (AvgIpc) is 3.09. The number of rotatable bonds is 14. The Morgan fingerprint density at radius 2 is 1.76 bits per heavy atom. The van der Waals surface area contributed by atoms with Gasteiger partial charge in [0.25, 0.3) is 5.91 Å². The average molecular weight is 711 g/mol. The van der Waals surface area contributed by atoms with E-state index in [-0.39, 0.29) is 34.3 Å². The van der Waals surface area contributed by atoms with Gasteiger partial charge in [0.1, 0.15) is 11.8 Å². The number of carbonyl (C=O) groups excluding carboxylic acids is 3. The molecule has 3 aromatic carbocycles. The van der Waals surface area contributed by atoms with Gasteiger partial charge in [0.15, 0.2) is 6.10 Å². The first-order valence-electron chi connectivity index (χ1n) is 16.8. The molecule has 1 aliphatic carbocycles. The molecule has 0 bridgehead atoms. The Labute approximate surface area is 303 Å². The molecule has 4 N–H and O–H groups in total. The minimum absolute atomic E-state index is 0.0115. The molecule has 1 atom stereocenters. The maximum Gasteiger partial charge on any atom is 0.323 e. The highest BCUT2D eigenvalue weighted by atomic mass is 35.5. The van der Waals surface area contributed by atoms with Crippen molar-refractivity contribution in [3.63, 3.8) is 0 Å². The van der Waals surface area contributed by atoms with Crippen LogP contribution in [0.15, 0.2) is 83.1 Å². The summed E-state index contributed by atoms with van der Waals surface area (Å²) in [7, 11) is 0. The van der Waals surface area contributed by atoms with Gasteiger partial charge in [0.05, 0.1) is 40.0 Å². The second-order valence-corrected chi connectivity index (χ2v) is 12.6. The Hall–Kier alpha value is -5.44. The number of unbranched alkanes of at least 4 members (excludes halogenated alkanes) is 1. The number of carbonyl (C=O) groups is 3. The maximum atomic E-state index is 13.8. The van der Waals surface area contributed by atoms with Crippen molar-refractivity contribution >= 4 is 52.1 Å². The molecule has 1 aliphatic rings. The summed E-state index contributed by atoms with van der Waals surface area (Å²) >= 11 is 6.11. The van der Waals surface area contributed by atoms with E-state index in [1.54, 1.807) is 0 Å². The van der Waals surface area contributed by atoms with Crippen LogP contribution in [-0.4, -0.2) is 54.3 Å². The lowest BCUT2D eigenvalue weighted by Crippen LogP contribution is -2.41. The number of hydrogen-bond donors (Lipinski definition) is 4. The number of nitrogens with zero attached hydrogens (tertiary/aromatic N) is 3. The van der Waals surface area contributed by atoms with Crippen LogP contribution in [0.25, 0.3) is 0 Å². The molecule has 4 rings (SSSR count). The second kappa shape index (κ2) is 18.0. The highest BCUT2D eigenvalue weighted by molar-refractivity contribution is 6.32. The Morgan fingerprint density at radius 1 is 0.980 bits per heavy atom. The van der Waals surface area contributed by atoms with E-state index in [1.165, 1.54) is 30.4 Å². The number of nitrogens with one attached hydrogen (secondary N) is 3. The number of benzene rings is 3. The number of likely N-dealkylation sites (N-methyl/N-ethyl adjacent to an activating group) is 1. The van der Waals surface area contributed by atoms with E-state index in [4.69, 9.17) is 26.6 Å². The molecule has 0 heterocycles. The standard InChI is InChI=1S/C39H43ClN6O5/c1-6-8-9-37(51-36-15-10-24(3)18-26(36)5)38(49)44-33-22-35(48)34(45-39(50)42-28-12-11-27(23-41)30(40)20-28)21-32(33)43-31-14-13-29(19-25(31)4)46(7-2)16-17-47/h10-15,18-22,37,47H,6-9,16-17H2,1-5H3,(H,44,49)(H2,42,45,50). The zero-order valence-electron chi connectivity index (χ0n) is 29.5. The van der Waals surface area contributed by atoms with Crippen LogP contribution >= 0.6 is 11.6 Å². The fraction of sp³-hybridized carbons (Fsp3) is 0.308. The van der Waals surface area contributed by atoms with E-state index in [1.807, 2.05) is 82.0 Å². The van der Waals surface area contributed by atoms with E-state index >= 15 is 0 Å². The third-order valence-corrected chi connectivity index (χ3v) is 8.51. The number of ketones is 1. The predicted octanol–water partition coefficient (Wildman–Crippen LogP) is 6.95. The van der Waals surface area contributed by atoms with E-state index < -0.39 is 23.8 Å². The number of hydrogen-bond acceptors (Lipinski definition) is 8. The van der Waals surface area contributed by atoms with Crippen LogP contribution in [0.2, 0.25) is 5.02 Å². The monoisotopic (exact) mass is 710 g/mol. The van der Waals surface area contributed by atoms with Gasteiger partial charge in [0.2, 0.25) is 5.78 Å². The maximum absolute atomic E-state index is 13.8. The minimum Gasteiger partial charge on any atom is -0.480 e. The number of urea groups is 1. The lowest BCUT2D eigenvalue weighted by molar-refractivity contribution is -0.127. The molecule has 0 saturated heterocycles. The molecule has 0 fully saturated rings. The van der Waals surface area contributed by atoms with Crippen LogP contribution in [-0.2, 0) is 9.59 Å². The molecule has 12 heteroatoms. The van der Waals surface area contributed by atoms with Gasteiger partial charge in [-0.2, -0.15) is 5.26 Å². The Morgan fingerprint density at radius 3 is 2.41 bits per heavy atom.